The van der Waals surface area contributed by atoms with Crippen LogP contribution in [0.1, 0.15) is 5.56 Å². The maximum Gasteiger partial charge on any atom is 0.341 e. The molecule has 0 unspecified atom stereocenters. The molecule has 138 valence electrons. The van der Waals surface area contributed by atoms with Crippen molar-refractivity contribution in [1.29, 1.82) is 0 Å². The van der Waals surface area contributed by atoms with E-state index in [1.807, 2.05) is 0 Å². The van der Waals surface area contributed by atoms with Crippen LogP contribution < -0.4 is 9.47 Å². The Hall–Kier alpha value is -2.46. The number of carboxylic acid groups (broad SMARTS) is 1. The second-order valence-corrected chi connectivity index (χ2v) is 6.50. The zero-order valence-corrected chi connectivity index (χ0v) is 16.5. The van der Waals surface area contributed by atoms with Gasteiger partial charge in [0.15, 0.2) is 23.2 Å². The quantitative estimate of drug-likeness (QED) is 0.419. The molecule has 0 aromatic heterocycles. The monoisotopic (exact) mass is 442 g/mol. The SMILES string of the molecule is COc1cc(C=C2C(=O)N(C)C(=S)N(C)C2=O)c(Br)cc1OCC(=O)O. The first-order chi connectivity index (χ1) is 12.2. The fourth-order valence-electron chi connectivity index (χ4n) is 2.20. The van der Waals surface area contributed by atoms with E-state index in [-0.39, 0.29) is 22.2 Å². The predicted octanol–water partition coefficient (Wildman–Crippen LogP) is 1.52. The summed E-state index contributed by atoms with van der Waals surface area (Å²) in [5.41, 5.74) is 0.418. The predicted molar refractivity (Wildman–Crippen MR) is 99.9 cm³/mol. The third-order valence-corrected chi connectivity index (χ3v) is 4.81. The molecule has 1 aliphatic rings. The van der Waals surface area contributed by atoms with Gasteiger partial charge in [-0.2, -0.15) is 0 Å². The topological polar surface area (TPSA) is 96.4 Å². The second kappa shape index (κ2) is 7.83. The molecule has 0 saturated carbocycles. The number of carbonyl (C=O) groups is 3. The van der Waals surface area contributed by atoms with Gasteiger partial charge in [-0.25, -0.2) is 4.79 Å². The van der Waals surface area contributed by atoms with Gasteiger partial charge in [0.05, 0.1) is 7.11 Å². The highest BCUT2D eigenvalue weighted by molar-refractivity contribution is 9.10. The molecule has 26 heavy (non-hydrogen) atoms. The third-order valence-electron chi connectivity index (χ3n) is 3.58. The first kappa shape index (κ1) is 19.9. The third kappa shape index (κ3) is 3.86. The molecule has 1 fully saturated rings. The average Bonchev–Trinajstić information content (AvgIpc) is 2.61. The lowest BCUT2D eigenvalue weighted by molar-refractivity contribution is -0.139. The molecular formula is C16H15BrN2O6S. The van der Waals surface area contributed by atoms with Gasteiger partial charge in [-0.1, -0.05) is 15.9 Å². The summed E-state index contributed by atoms with van der Waals surface area (Å²) in [6.45, 7) is -0.534. The summed E-state index contributed by atoms with van der Waals surface area (Å²) in [7, 11) is 4.37. The van der Waals surface area contributed by atoms with Gasteiger partial charge in [0.25, 0.3) is 11.8 Å². The average molecular weight is 443 g/mol. The number of hydrogen-bond acceptors (Lipinski definition) is 6. The number of amides is 2. The number of rotatable bonds is 5. The fourth-order valence-corrected chi connectivity index (χ4v) is 2.81. The van der Waals surface area contributed by atoms with Crippen molar-refractivity contribution in [3.8, 4) is 11.5 Å². The van der Waals surface area contributed by atoms with E-state index in [4.69, 9.17) is 26.8 Å². The highest BCUT2D eigenvalue weighted by atomic mass is 79.9. The number of hydrogen-bond donors (Lipinski definition) is 1. The van der Waals surface area contributed by atoms with Crippen molar-refractivity contribution in [1.82, 2.24) is 9.80 Å². The summed E-state index contributed by atoms with van der Waals surface area (Å²) < 4.78 is 10.8. The minimum Gasteiger partial charge on any atom is -0.493 e. The zero-order chi connectivity index (χ0) is 19.6. The zero-order valence-electron chi connectivity index (χ0n) is 14.1. The Balaban J connectivity index is 2.46. The van der Waals surface area contributed by atoms with Gasteiger partial charge in [0.1, 0.15) is 5.57 Å². The molecule has 0 radical (unpaired) electrons. The lowest BCUT2D eigenvalue weighted by atomic mass is 10.1. The smallest absolute Gasteiger partial charge is 0.341 e. The van der Waals surface area contributed by atoms with E-state index in [0.29, 0.717) is 10.0 Å². The Morgan fingerprint density at radius 1 is 1.23 bits per heavy atom. The molecule has 8 nitrogen and oxygen atoms in total. The van der Waals surface area contributed by atoms with Crippen molar-refractivity contribution in [3.63, 3.8) is 0 Å². The minimum atomic E-state index is -1.13. The molecule has 1 aromatic carbocycles. The van der Waals surface area contributed by atoms with Crippen LogP contribution in [-0.2, 0) is 14.4 Å². The number of halogens is 1. The lowest BCUT2D eigenvalue weighted by Gasteiger charge is -2.31. The van der Waals surface area contributed by atoms with Crippen LogP contribution in [0.2, 0.25) is 0 Å². The highest BCUT2D eigenvalue weighted by Crippen LogP contribution is 2.35. The molecule has 0 aliphatic carbocycles. The van der Waals surface area contributed by atoms with Gasteiger partial charge in [-0.3, -0.25) is 19.4 Å². The van der Waals surface area contributed by atoms with E-state index in [2.05, 4.69) is 15.9 Å². The van der Waals surface area contributed by atoms with Crippen LogP contribution in [0.5, 0.6) is 11.5 Å². The molecule has 1 heterocycles. The van der Waals surface area contributed by atoms with Crippen molar-refractivity contribution in [2.45, 2.75) is 0 Å². The van der Waals surface area contributed by atoms with Gasteiger partial charge >= 0.3 is 5.97 Å². The van der Waals surface area contributed by atoms with Crippen LogP contribution in [0.4, 0.5) is 0 Å². The maximum atomic E-state index is 12.4. The molecule has 0 bridgehead atoms. The summed E-state index contributed by atoms with van der Waals surface area (Å²) >= 11 is 8.37. The van der Waals surface area contributed by atoms with Crippen molar-refractivity contribution in [2.75, 3.05) is 27.8 Å². The number of carboxylic acids is 1. The van der Waals surface area contributed by atoms with Crippen LogP contribution in [-0.4, -0.2) is 65.6 Å². The molecule has 1 saturated heterocycles. The Kier molecular flexibility index (Phi) is 5.98. The molecule has 0 atom stereocenters. The molecule has 1 N–H and O–H groups in total. The molecular weight excluding hydrogens is 428 g/mol. The van der Waals surface area contributed by atoms with Crippen molar-refractivity contribution < 1.29 is 29.0 Å². The summed E-state index contributed by atoms with van der Waals surface area (Å²) in [4.78, 5) is 37.9. The molecule has 2 rings (SSSR count). The molecule has 10 heteroatoms. The summed E-state index contributed by atoms with van der Waals surface area (Å²) in [6.07, 6.45) is 1.41. The number of aliphatic carboxylic acids is 1. The second-order valence-electron chi connectivity index (χ2n) is 5.28. The molecule has 1 aliphatic heterocycles. The standard InChI is InChI=1S/C16H15BrN2O6S/c1-18-14(22)9(15(23)19(2)16(18)26)4-8-5-11(24-3)12(6-10(8)17)25-7-13(20)21/h4-6H,7H2,1-3H3,(H,20,21). The number of carbonyl (C=O) groups excluding carboxylic acids is 2. The van der Waals surface area contributed by atoms with Crippen LogP contribution in [0.15, 0.2) is 22.2 Å². The number of nitrogens with zero attached hydrogens (tertiary/aromatic N) is 2. The normalized spacial score (nSPS) is 14.6. The number of likely N-dealkylation sites (N-methyl/N-ethyl adjacent to an activating group) is 2. The van der Waals surface area contributed by atoms with Gasteiger partial charge in [-0.05, 0) is 36.0 Å². The van der Waals surface area contributed by atoms with Crippen molar-refractivity contribution in [3.05, 3.63) is 27.7 Å². The van der Waals surface area contributed by atoms with E-state index < -0.39 is 24.4 Å². The first-order valence-electron chi connectivity index (χ1n) is 7.21. The van der Waals surface area contributed by atoms with E-state index >= 15 is 0 Å². The number of methoxy groups -OCH3 is 1. The summed E-state index contributed by atoms with van der Waals surface area (Å²) in [5.74, 6) is -1.70. The van der Waals surface area contributed by atoms with Gasteiger partial charge in [-0.15, -0.1) is 0 Å². The largest absolute Gasteiger partial charge is 0.493 e. The van der Waals surface area contributed by atoms with Gasteiger partial charge in [0.2, 0.25) is 0 Å². The lowest BCUT2D eigenvalue weighted by Crippen LogP contribution is -2.52. The van der Waals surface area contributed by atoms with Gasteiger partial charge in [0, 0.05) is 18.6 Å². The van der Waals surface area contributed by atoms with E-state index in [1.165, 1.54) is 49.2 Å². The molecule has 1 aromatic rings. The Morgan fingerprint density at radius 2 is 1.81 bits per heavy atom. The van der Waals surface area contributed by atoms with E-state index in [1.54, 1.807) is 0 Å². The Bertz CT molecular complexity index is 812. The summed E-state index contributed by atoms with van der Waals surface area (Å²) in [6, 6.07) is 3.03. The van der Waals surface area contributed by atoms with Crippen molar-refractivity contribution >= 4 is 57.1 Å². The Morgan fingerprint density at radius 3 is 2.31 bits per heavy atom. The van der Waals surface area contributed by atoms with Crippen molar-refractivity contribution in [2.24, 2.45) is 0 Å². The number of thiocarbonyl (C=S) groups is 1. The molecule has 0 spiro atoms. The van der Waals surface area contributed by atoms with Crippen LogP contribution in [0, 0.1) is 0 Å². The van der Waals surface area contributed by atoms with Crippen LogP contribution in [0.3, 0.4) is 0 Å². The van der Waals surface area contributed by atoms with Crippen LogP contribution in [0.25, 0.3) is 6.08 Å². The highest BCUT2D eigenvalue weighted by Gasteiger charge is 2.35. The first-order valence-corrected chi connectivity index (χ1v) is 8.41. The van der Waals surface area contributed by atoms with E-state index in [0.717, 1.165) is 0 Å². The van der Waals surface area contributed by atoms with E-state index in [9.17, 15) is 14.4 Å². The minimum absolute atomic E-state index is 0.0643. The van der Waals surface area contributed by atoms with Crippen LogP contribution >= 0.6 is 28.1 Å². The fraction of sp³-hybridized carbons (Fsp3) is 0.250. The Labute approximate surface area is 163 Å². The number of ether oxygens (including phenoxy) is 2. The maximum absolute atomic E-state index is 12.4. The van der Waals surface area contributed by atoms with Gasteiger partial charge < -0.3 is 14.6 Å². The molecule has 2 amide bonds. The summed E-state index contributed by atoms with van der Waals surface area (Å²) in [5, 5.41) is 8.84. The number of benzene rings is 1.